The second-order valence-electron chi connectivity index (χ2n) is 5.27. The lowest BCUT2D eigenvalue weighted by Gasteiger charge is -2.20. The summed E-state index contributed by atoms with van der Waals surface area (Å²) in [5.41, 5.74) is -0.533. The van der Waals surface area contributed by atoms with Gasteiger partial charge >= 0.3 is 0 Å². The summed E-state index contributed by atoms with van der Waals surface area (Å²) < 4.78 is 37.9. The predicted molar refractivity (Wildman–Crippen MR) is 72.1 cm³/mol. The van der Waals surface area contributed by atoms with Crippen LogP contribution in [0.5, 0.6) is 0 Å². The van der Waals surface area contributed by atoms with Gasteiger partial charge in [-0.15, -0.1) is 0 Å². The first kappa shape index (κ1) is 15.4. The predicted octanol–water partition coefficient (Wildman–Crippen LogP) is 1.73. The average molecular weight is 288 g/mol. The van der Waals surface area contributed by atoms with E-state index in [9.17, 15) is 17.6 Å². The van der Waals surface area contributed by atoms with Crippen molar-refractivity contribution in [3.05, 3.63) is 29.6 Å². The summed E-state index contributed by atoms with van der Waals surface area (Å²) in [4.78, 5) is 11.8. The molecule has 0 saturated carbocycles. The number of amides is 1. The number of halogens is 1. The number of nitrogens with one attached hydrogen (secondary N) is 2. The normalized spacial score (nSPS) is 12.1. The van der Waals surface area contributed by atoms with E-state index in [1.165, 1.54) is 12.1 Å². The summed E-state index contributed by atoms with van der Waals surface area (Å²) in [5, 5.41) is 2.63. The fraction of sp³-hybridized carbons (Fsp3) is 0.417. The third kappa shape index (κ3) is 5.25. The van der Waals surface area contributed by atoms with Crippen LogP contribution in [0.2, 0.25) is 0 Å². The Kier molecular flexibility index (Phi) is 4.19. The molecular weight excluding hydrogens is 271 g/mol. The number of anilines is 1. The summed E-state index contributed by atoms with van der Waals surface area (Å²) in [6.45, 7) is 5.34. The van der Waals surface area contributed by atoms with Crippen molar-refractivity contribution in [2.45, 2.75) is 26.3 Å². The lowest BCUT2D eigenvalue weighted by Crippen LogP contribution is -2.40. The Morgan fingerprint density at radius 1 is 1.26 bits per heavy atom. The maximum Gasteiger partial charge on any atom is 0.254 e. The lowest BCUT2D eigenvalue weighted by molar-refractivity contribution is 0.0915. The summed E-state index contributed by atoms with van der Waals surface area (Å²) in [7, 11) is -3.47. The van der Waals surface area contributed by atoms with Crippen LogP contribution < -0.4 is 10.0 Å². The number of benzene rings is 1. The fourth-order valence-electron chi connectivity index (χ4n) is 1.38. The van der Waals surface area contributed by atoms with E-state index in [1.54, 1.807) is 20.8 Å². The lowest BCUT2D eigenvalue weighted by atomic mass is 10.1. The van der Waals surface area contributed by atoms with Crippen LogP contribution in [-0.2, 0) is 10.0 Å². The molecule has 2 N–H and O–H groups in total. The van der Waals surface area contributed by atoms with Crippen molar-refractivity contribution in [1.29, 1.82) is 0 Å². The van der Waals surface area contributed by atoms with Gasteiger partial charge < -0.3 is 5.32 Å². The molecule has 0 fully saturated rings. The van der Waals surface area contributed by atoms with Crippen LogP contribution in [0, 0.1) is 5.82 Å². The smallest absolute Gasteiger partial charge is 0.254 e. The van der Waals surface area contributed by atoms with Crippen LogP contribution in [0.1, 0.15) is 31.1 Å². The number of carbonyl (C=O) groups is 1. The van der Waals surface area contributed by atoms with Crippen LogP contribution in [0.15, 0.2) is 18.2 Å². The Hall–Kier alpha value is -1.63. The molecule has 1 aromatic carbocycles. The molecule has 0 radical (unpaired) electrons. The summed E-state index contributed by atoms with van der Waals surface area (Å²) >= 11 is 0. The van der Waals surface area contributed by atoms with Gasteiger partial charge in [-0.1, -0.05) is 0 Å². The minimum Gasteiger partial charge on any atom is -0.347 e. The third-order valence-electron chi connectivity index (χ3n) is 2.01. The minimum atomic E-state index is -3.47. The van der Waals surface area contributed by atoms with E-state index in [0.717, 1.165) is 12.3 Å². The number of hydrogen-bond donors (Lipinski definition) is 2. The molecule has 0 aliphatic heterocycles. The molecule has 0 atom stereocenters. The highest BCUT2D eigenvalue weighted by Gasteiger charge is 2.18. The molecule has 1 rings (SSSR count). The molecule has 1 amide bonds. The highest BCUT2D eigenvalue weighted by molar-refractivity contribution is 7.92. The molecule has 5 nitrogen and oxygen atoms in total. The first-order chi connectivity index (χ1) is 8.48. The average Bonchev–Trinajstić information content (AvgIpc) is 2.11. The molecule has 0 aromatic heterocycles. The molecule has 0 unspecified atom stereocenters. The second-order valence-corrected chi connectivity index (χ2v) is 7.02. The minimum absolute atomic E-state index is 0.0762. The third-order valence-corrected chi connectivity index (χ3v) is 2.61. The Bertz CT molecular complexity index is 591. The van der Waals surface area contributed by atoms with Crippen molar-refractivity contribution < 1.29 is 17.6 Å². The van der Waals surface area contributed by atoms with E-state index in [0.29, 0.717) is 0 Å². The van der Waals surface area contributed by atoms with Crippen LogP contribution >= 0.6 is 0 Å². The molecule has 0 spiro atoms. The van der Waals surface area contributed by atoms with Gasteiger partial charge in [-0.2, -0.15) is 0 Å². The van der Waals surface area contributed by atoms with Gasteiger partial charge in [0.25, 0.3) is 5.91 Å². The van der Waals surface area contributed by atoms with Crippen molar-refractivity contribution in [2.75, 3.05) is 11.0 Å². The van der Waals surface area contributed by atoms with Crippen molar-refractivity contribution in [3.63, 3.8) is 0 Å². The van der Waals surface area contributed by atoms with Crippen molar-refractivity contribution >= 4 is 21.6 Å². The maximum atomic E-state index is 13.8. The second kappa shape index (κ2) is 5.16. The van der Waals surface area contributed by atoms with Gasteiger partial charge in [0, 0.05) is 5.54 Å². The van der Waals surface area contributed by atoms with E-state index < -0.39 is 27.3 Å². The zero-order valence-electron chi connectivity index (χ0n) is 11.2. The topological polar surface area (TPSA) is 75.3 Å². The highest BCUT2D eigenvalue weighted by Crippen LogP contribution is 2.16. The molecule has 0 aliphatic carbocycles. The monoisotopic (exact) mass is 288 g/mol. The van der Waals surface area contributed by atoms with E-state index in [1.807, 2.05) is 0 Å². The van der Waals surface area contributed by atoms with Gasteiger partial charge in [0.15, 0.2) is 0 Å². The summed E-state index contributed by atoms with van der Waals surface area (Å²) in [5.74, 6) is -1.33. The molecule has 106 valence electrons. The Morgan fingerprint density at radius 2 is 1.84 bits per heavy atom. The van der Waals surface area contributed by atoms with E-state index in [2.05, 4.69) is 10.0 Å². The number of carbonyl (C=O) groups excluding carboxylic acids is 1. The zero-order valence-corrected chi connectivity index (χ0v) is 12.1. The highest BCUT2D eigenvalue weighted by atomic mass is 32.2. The van der Waals surface area contributed by atoms with Crippen LogP contribution in [-0.4, -0.2) is 26.1 Å². The van der Waals surface area contributed by atoms with Gasteiger partial charge in [0.1, 0.15) is 5.82 Å². The Labute approximate surface area is 112 Å². The van der Waals surface area contributed by atoms with Crippen molar-refractivity contribution in [3.8, 4) is 0 Å². The number of hydrogen-bond acceptors (Lipinski definition) is 3. The van der Waals surface area contributed by atoms with E-state index in [-0.39, 0.29) is 11.3 Å². The Morgan fingerprint density at radius 3 is 2.26 bits per heavy atom. The molecule has 0 aliphatic rings. The molecular formula is C12H17FN2O3S. The molecule has 7 heteroatoms. The van der Waals surface area contributed by atoms with Gasteiger partial charge in [0.2, 0.25) is 10.0 Å². The van der Waals surface area contributed by atoms with Crippen LogP contribution in [0.3, 0.4) is 0 Å². The molecule has 0 bridgehead atoms. The van der Waals surface area contributed by atoms with Crippen molar-refractivity contribution in [1.82, 2.24) is 5.32 Å². The SMILES string of the molecule is CC(C)(C)NC(=O)c1ccc(NS(C)(=O)=O)cc1F. The van der Waals surface area contributed by atoms with E-state index >= 15 is 0 Å². The van der Waals surface area contributed by atoms with Gasteiger partial charge in [-0.3, -0.25) is 9.52 Å². The van der Waals surface area contributed by atoms with Gasteiger partial charge in [-0.05, 0) is 39.0 Å². The van der Waals surface area contributed by atoms with Crippen LogP contribution in [0.4, 0.5) is 10.1 Å². The molecule has 0 heterocycles. The quantitative estimate of drug-likeness (QED) is 0.889. The molecule has 0 saturated heterocycles. The van der Waals surface area contributed by atoms with E-state index in [4.69, 9.17) is 0 Å². The molecule has 19 heavy (non-hydrogen) atoms. The number of rotatable bonds is 3. The Balaban J connectivity index is 2.98. The fourth-order valence-corrected chi connectivity index (χ4v) is 1.94. The summed E-state index contributed by atoms with van der Waals surface area (Å²) in [6, 6.07) is 3.55. The first-order valence-corrected chi connectivity index (χ1v) is 7.47. The summed E-state index contributed by atoms with van der Waals surface area (Å²) in [6.07, 6.45) is 0.963. The maximum absolute atomic E-state index is 13.8. The number of sulfonamides is 1. The largest absolute Gasteiger partial charge is 0.347 e. The van der Waals surface area contributed by atoms with Gasteiger partial charge in [0.05, 0.1) is 17.5 Å². The molecule has 1 aromatic rings. The first-order valence-electron chi connectivity index (χ1n) is 5.58. The van der Waals surface area contributed by atoms with Gasteiger partial charge in [-0.25, -0.2) is 12.8 Å². The van der Waals surface area contributed by atoms with Crippen LogP contribution in [0.25, 0.3) is 0 Å². The zero-order chi connectivity index (χ0) is 14.8. The standard InChI is InChI=1S/C12H17FN2O3S/c1-12(2,3)14-11(16)9-6-5-8(7-10(9)13)15-19(4,17)18/h5-7,15H,1-4H3,(H,14,16). The van der Waals surface area contributed by atoms with Crippen molar-refractivity contribution in [2.24, 2.45) is 0 Å².